The monoisotopic (exact) mass is 374 g/mol. The van der Waals surface area contributed by atoms with Gasteiger partial charge in [-0.25, -0.2) is 9.97 Å². The van der Waals surface area contributed by atoms with Crippen LogP contribution < -0.4 is 19.7 Å². The number of nitrogens with zero attached hydrogens (tertiary/aromatic N) is 5. The highest BCUT2D eigenvalue weighted by molar-refractivity contribution is 5.76. The molecule has 1 aromatic heterocycles. The number of ether oxygens (including phenoxy) is 2. The molecular weight excluding hydrogens is 352 g/mol. The average molecular weight is 374 g/mol. The number of hydrogen-bond donors (Lipinski definition) is 1. The number of hydrogen-bond acceptors (Lipinski definition) is 9. The van der Waals surface area contributed by atoms with E-state index in [2.05, 4.69) is 20.2 Å². The van der Waals surface area contributed by atoms with Crippen molar-refractivity contribution in [1.29, 1.82) is 0 Å². The lowest BCUT2D eigenvalue weighted by Crippen LogP contribution is -2.45. The van der Waals surface area contributed by atoms with Gasteiger partial charge in [-0.1, -0.05) is 0 Å². The first kappa shape index (κ1) is 18.6. The fourth-order valence-electron chi connectivity index (χ4n) is 2.91. The zero-order valence-corrected chi connectivity index (χ0v) is 15.5. The first-order valence-electron chi connectivity index (χ1n) is 8.45. The molecule has 3 rings (SSSR count). The Bertz CT molecular complexity index is 823. The molecule has 0 amide bonds. The van der Waals surface area contributed by atoms with Crippen molar-refractivity contribution in [3.63, 3.8) is 0 Å². The van der Waals surface area contributed by atoms with Crippen LogP contribution in [0.4, 0.5) is 23.0 Å². The zero-order chi connectivity index (χ0) is 19.4. The van der Waals surface area contributed by atoms with Gasteiger partial charge in [0.05, 0.1) is 24.8 Å². The molecule has 10 heteroatoms. The summed E-state index contributed by atoms with van der Waals surface area (Å²) in [5.74, 6) is 1.54. The molecule has 1 aromatic carbocycles. The van der Waals surface area contributed by atoms with E-state index < -0.39 is 4.92 Å². The maximum Gasteiger partial charge on any atom is 0.353 e. The van der Waals surface area contributed by atoms with E-state index in [1.165, 1.54) is 13.4 Å². The van der Waals surface area contributed by atoms with Crippen LogP contribution in [0, 0.1) is 10.1 Å². The predicted molar refractivity (Wildman–Crippen MR) is 101 cm³/mol. The molecule has 2 aromatic rings. The van der Waals surface area contributed by atoms with Gasteiger partial charge in [0.1, 0.15) is 17.8 Å². The van der Waals surface area contributed by atoms with E-state index in [4.69, 9.17) is 9.47 Å². The molecule has 0 atom stereocenters. The number of anilines is 3. The lowest BCUT2D eigenvalue weighted by molar-refractivity contribution is -0.383. The van der Waals surface area contributed by atoms with Crippen molar-refractivity contribution in [1.82, 2.24) is 14.9 Å². The quantitative estimate of drug-likeness (QED) is 0.599. The Morgan fingerprint density at radius 1 is 1.15 bits per heavy atom. The van der Waals surface area contributed by atoms with Crippen molar-refractivity contribution in [2.75, 3.05) is 57.7 Å². The third kappa shape index (κ3) is 4.00. The van der Waals surface area contributed by atoms with E-state index >= 15 is 0 Å². The van der Waals surface area contributed by atoms with E-state index in [1.54, 1.807) is 25.3 Å². The van der Waals surface area contributed by atoms with Crippen LogP contribution in [0.5, 0.6) is 11.5 Å². The molecule has 0 unspecified atom stereocenters. The summed E-state index contributed by atoms with van der Waals surface area (Å²) in [6.45, 7) is 2.96. The number of likely N-dealkylation sites (N-methyl/N-ethyl adjacent to an activating group) is 1. The summed E-state index contributed by atoms with van der Waals surface area (Å²) in [7, 11) is 5.10. The lowest BCUT2D eigenvalue weighted by atomic mass is 10.2. The maximum atomic E-state index is 11.8. The van der Waals surface area contributed by atoms with E-state index in [9.17, 15) is 10.1 Å². The molecule has 1 saturated heterocycles. The summed E-state index contributed by atoms with van der Waals surface area (Å²) in [4.78, 5) is 23.7. The van der Waals surface area contributed by atoms with Crippen LogP contribution in [0.3, 0.4) is 0 Å². The number of nitrogens with one attached hydrogen (secondary N) is 1. The summed E-state index contributed by atoms with van der Waals surface area (Å²) in [6.07, 6.45) is 1.33. The number of piperazine rings is 1. The van der Waals surface area contributed by atoms with E-state index in [0.717, 1.165) is 13.1 Å². The number of rotatable bonds is 6. The fraction of sp³-hybridized carbons (Fsp3) is 0.412. The second-order valence-electron chi connectivity index (χ2n) is 6.13. The normalized spacial score (nSPS) is 14.7. The van der Waals surface area contributed by atoms with Crippen molar-refractivity contribution >= 4 is 23.0 Å². The van der Waals surface area contributed by atoms with Gasteiger partial charge in [-0.05, 0) is 19.2 Å². The lowest BCUT2D eigenvalue weighted by Gasteiger charge is -2.32. The van der Waals surface area contributed by atoms with Gasteiger partial charge in [0.25, 0.3) is 0 Å². The highest BCUT2D eigenvalue weighted by atomic mass is 16.6. The Hall–Kier alpha value is -3.14. The topological polar surface area (TPSA) is 106 Å². The molecule has 0 saturated carbocycles. The van der Waals surface area contributed by atoms with Gasteiger partial charge in [-0.3, -0.25) is 10.1 Å². The van der Waals surface area contributed by atoms with Crippen LogP contribution >= 0.6 is 0 Å². The molecule has 144 valence electrons. The largest absolute Gasteiger partial charge is 0.497 e. The Morgan fingerprint density at radius 3 is 2.52 bits per heavy atom. The number of nitro groups is 1. The highest BCUT2D eigenvalue weighted by Crippen LogP contribution is 2.37. The molecule has 2 heterocycles. The van der Waals surface area contributed by atoms with Gasteiger partial charge in [0.2, 0.25) is 11.6 Å². The number of methoxy groups -OCH3 is 2. The molecule has 27 heavy (non-hydrogen) atoms. The van der Waals surface area contributed by atoms with Crippen molar-refractivity contribution in [2.24, 2.45) is 0 Å². The minimum absolute atomic E-state index is 0.118. The molecule has 1 N–H and O–H groups in total. The third-order valence-electron chi connectivity index (χ3n) is 4.45. The van der Waals surface area contributed by atoms with Crippen LogP contribution in [0.1, 0.15) is 0 Å². The van der Waals surface area contributed by atoms with Crippen molar-refractivity contribution in [2.45, 2.75) is 0 Å². The van der Waals surface area contributed by atoms with Gasteiger partial charge >= 0.3 is 5.69 Å². The Kier molecular flexibility index (Phi) is 5.55. The van der Waals surface area contributed by atoms with Crippen molar-refractivity contribution in [3.8, 4) is 11.5 Å². The van der Waals surface area contributed by atoms with Gasteiger partial charge in [-0.2, -0.15) is 0 Å². The molecule has 0 bridgehead atoms. The molecule has 0 aliphatic carbocycles. The second-order valence-corrected chi connectivity index (χ2v) is 6.13. The summed E-state index contributed by atoms with van der Waals surface area (Å²) in [5, 5.41) is 14.8. The van der Waals surface area contributed by atoms with Gasteiger partial charge in [0, 0.05) is 32.2 Å². The molecule has 1 aliphatic heterocycles. The Labute approximate surface area is 156 Å². The molecular formula is C17H22N6O4. The van der Waals surface area contributed by atoms with Crippen LogP contribution in [-0.2, 0) is 0 Å². The van der Waals surface area contributed by atoms with Gasteiger partial charge < -0.3 is 24.6 Å². The first-order valence-corrected chi connectivity index (χ1v) is 8.45. The predicted octanol–water partition coefficient (Wildman–Crippen LogP) is 1.90. The van der Waals surface area contributed by atoms with E-state index in [1.807, 2.05) is 11.9 Å². The molecule has 10 nitrogen and oxygen atoms in total. The maximum absolute atomic E-state index is 11.8. The smallest absolute Gasteiger partial charge is 0.353 e. The molecule has 1 aliphatic rings. The SMILES string of the molecule is COc1ccc(Nc2ncnc(N3CCN(C)CC3)c2[N+](=O)[O-])c(OC)c1. The van der Waals surface area contributed by atoms with Crippen molar-refractivity contribution < 1.29 is 14.4 Å². The van der Waals surface area contributed by atoms with Crippen LogP contribution in [-0.4, -0.2) is 67.2 Å². The third-order valence-corrected chi connectivity index (χ3v) is 4.45. The Morgan fingerprint density at radius 2 is 1.89 bits per heavy atom. The van der Waals surface area contributed by atoms with Gasteiger partial charge in [0.15, 0.2) is 0 Å². The van der Waals surface area contributed by atoms with E-state index in [0.29, 0.717) is 36.1 Å². The van der Waals surface area contributed by atoms with E-state index in [-0.39, 0.29) is 11.5 Å². The van der Waals surface area contributed by atoms with Crippen LogP contribution in [0.2, 0.25) is 0 Å². The first-order chi connectivity index (χ1) is 13.0. The average Bonchev–Trinajstić information content (AvgIpc) is 2.68. The summed E-state index contributed by atoms with van der Waals surface area (Å²) in [5.41, 5.74) is 0.393. The van der Waals surface area contributed by atoms with Crippen molar-refractivity contribution in [3.05, 3.63) is 34.6 Å². The fourth-order valence-corrected chi connectivity index (χ4v) is 2.91. The van der Waals surface area contributed by atoms with Crippen LogP contribution in [0.15, 0.2) is 24.5 Å². The summed E-state index contributed by atoms with van der Waals surface area (Å²) >= 11 is 0. The molecule has 1 fully saturated rings. The summed E-state index contributed by atoms with van der Waals surface area (Å²) in [6, 6.07) is 5.15. The molecule has 0 spiro atoms. The number of aromatic nitrogens is 2. The highest BCUT2D eigenvalue weighted by Gasteiger charge is 2.29. The van der Waals surface area contributed by atoms with Gasteiger partial charge in [-0.15, -0.1) is 0 Å². The Balaban J connectivity index is 1.96. The number of benzene rings is 1. The minimum Gasteiger partial charge on any atom is -0.497 e. The summed E-state index contributed by atoms with van der Waals surface area (Å²) < 4.78 is 10.5. The minimum atomic E-state index is -0.452. The zero-order valence-electron chi connectivity index (χ0n) is 15.5. The van der Waals surface area contributed by atoms with Crippen LogP contribution in [0.25, 0.3) is 0 Å². The molecule has 0 radical (unpaired) electrons. The standard InChI is InChI=1S/C17H22N6O4/c1-21-6-8-22(9-7-21)17-15(23(24)25)16(18-11-19-17)20-13-5-4-12(26-2)10-14(13)27-3/h4-5,10-11H,6-9H2,1-3H3,(H,18,19,20). The second kappa shape index (κ2) is 8.04.